The number of benzene rings is 1. The molecular formula is C12H12FIO2. The van der Waals surface area contributed by atoms with Gasteiger partial charge in [-0.2, -0.15) is 0 Å². The summed E-state index contributed by atoms with van der Waals surface area (Å²) in [5.41, 5.74) is 0.473. The van der Waals surface area contributed by atoms with Gasteiger partial charge in [-0.05, 0) is 59.5 Å². The van der Waals surface area contributed by atoms with Gasteiger partial charge in [0.15, 0.2) is 0 Å². The van der Waals surface area contributed by atoms with Gasteiger partial charge in [-0.15, -0.1) is 0 Å². The Labute approximate surface area is 107 Å². The smallest absolute Gasteiger partial charge is 0.313 e. The van der Waals surface area contributed by atoms with E-state index in [-0.39, 0.29) is 17.7 Å². The molecule has 0 bridgehead atoms. The van der Waals surface area contributed by atoms with Crippen molar-refractivity contribution < 1.29 is 13.9 Å². The van der Waals surface area contributed by atoms with Gasteiger partial charge < -0.3 is 4.74 Å². The molecule has 1 saturated carbocycles. The zero-order chi connectivity index (χ0) is 11.7. The maximum Gasteiger partial charge on any atom is 0.313 e. The van der Waals surface area contributed by atoms with Crippen LogP contribution in [0.15, 0.2) is 18.2 Å². The van der Waals surface area contributed by atoms with Crippen molar-refractivity contribution in [1.82, 2.24) is 0 Å². The van der Waals surface area contributed by atoms with Crippen LogP contribution in [-0.4, -0.2) is 13.1 Å². The molecular weight excluding hydrogens is 322 g/mol. The monoisotopic (exact) mass is 334 g/mol. The number of carbonyl (C=O) groups is 1. The zero-order valence-corrected chi connectivity index (χ0v) is 11.0. The first-order valence-corrected chi connectivity index (χ1v) is 6.24. The summed E-state index contributed by atoms with van der Waals surface area (Å²) in [7, 11) is 1.35. The molecule has 1 aromatic rings. The van der Waals surface area contributed by atoms with Crippen LogP contribution in [0.2, 0.25) is 0 Å². The van der Waals surface area contributed by atoms with Crippen molar-refractivity contribution >= 4 is 28.6 Å². The van der Waals surface area contributed by atoms with Gasteiger partial charge >= 0.3 is 5.97 Å². The molecule has 0 saturated heterocycles. The summed E-state index contributed by atoms with van der Waals surface area (Å²) in [6, 6.07) is 4.84. The zero-order valence-electron chi connectivity index (χ0n) is 8.87. The van der Waals surface area contributed by atoms with Gasteiger partial charge in [0.1, 0.15) is 5.82 Å². The van der Waals surface area contributed by atoms with Gasteiger partial charge in [0.05, 0.1) is 13.0 Å². The second kappa shape index (κ2) is 4.69. The number of rotatable bonds is 3. The van der Waals surface area contributed by atoms with Crippen LogP contribution in [0.1, 0.15) is 24.3 Å². The number of hydrogen-bond acceptors (Lipinski definition) is 2. The molecule has 0 aromatic heterocycles. The molecule has 0 spiro atoms. The Morgan fingerprint density at radius 3 is 2.81 bits per heavy atom. The summed E-state index contributed by atoms with van der Waals surface area (Å²) in [6.45, 7) is 0. The number of esters is 1. The Kier molecular flexibility index (Phi) is 3.47. The summed E-state index contributed by atoms with van der Waals surface area (Å²) in [4.78, 5) is 11.7. The normalized spacial score (nSPS) is 16.9. The third-order valence-corrected chi connectivity index (χ3v) is 3.51. The van der Waals surface area contributed by atoms with E-state index in [2.05, 4.69) is 22.6 Å². The minimum absolute atomic E-state index is 0.250. The van der Waals surface area contributed by atoms with Gasteiger partial charge in [0.25, 0.3) is 0 Å². The van der Waals surface area contributed by atoms with Crippen LogP contribution < -0.4 is 0 Å². The lowest BCUT2D eigenvalue weighted by atomic mass is 9.94. The van der Waals surface area contributed by atoms with E-state index in [1.807, 2.05) is 0 Å². The molecule has 1 unspecified atom stereocenters. The van der Waals surface area contributed by atoms with Crippen molar-refractivity contribution in [2.24, 2.45) is 5.92 Å². The molecule has 0 N–H and O–H groups in total. The maximum absolute atomic E-state index is 13.7. The Morgan fingerprint density at radius 2 is 2.25 bits per heavy atom. The molecule has 1 aliphatic carbocycles. The number of carbonyl (C=O) groups excluding carboxylic acids is 1. The van der Waals surface area contributed by atoms with Crippen molar-refractivity contribution in [2.45, 2.75) is 18.8 Å². The number of halogens is 2. The molecule has 1 aromatic carbocycles. The number of hydrogen-bond donors (Lipinski definition) is 0. The fourth-order valence-corrected chi connectivity index (χ4v) is 2.40. The fourth-order valence-electron chi connectivity index (χ4n) is 1.88. The molecule has 0 radical (unpaired) electrons. The van der Waals surface area contributed by atoms with Gasteiger partial charge in [0.2, 0.25) is 0 Å². The molecule has 4 heteroatoms. The van der Waals surface area contributed by atoms with E-state index in [1.165, 1.54) is 13.2 Å². The highest BCUT2D eigenvalue weighted by Crippen LogP contribution is 2.44. The summed E-state index contributed by atoms with van der Waals surface area (Å²) in [5.74, 6) is -0.828. The molecule has 0 amide bonds. The molecule has 0 aliphatic heterocycles. The first-order valence-electron chi connectivity index (χ1n) is 5.16. The van der Waals surface area contributed by atoms with Crippen LogP contribution in [0, 0.1) is 15.3 Å². The average Bonchev–Trinajstić information content (AvgIpc) is 3.07. The summed E-state index contributed by atoms with van der Waals surface area (Å²) in [5, 5.41) is 0. The van der Waals surface area contributed by atoms with Crippen molar-refractivity contribution in [2.75, 3.05) is 7.11 Å². The third-order valence-electron chi connectivity index (χ3n) is 2.84. The predicted octanol–water partition coefficient (Wildman–Crippen LogP) is 3.10. The van der Waals surface area contributed by atoms with E-state index in [0.29, 0.717) is 5.56 Å². The largest absolute Gasteiger partial charge is 0.469 e. The van der Waals surface area contributed by atoms with Crippen molar-refractivity contribution in [3.63, 3.8) is 0 Å². The van der Waals surface area contributed by atoms with E-state index >= 15 is 0 Å². The molecule has 1 aliphatic rings. The molecule has 1 atom stereocenters. The summed E-state index contributed by atoms with van der Waals surface area (Å²) >= 11 is 2.12. The van der Waals surface area contributed by atoms with E-state index < -0.39 is 5.92 Å². The molecule has 2 rings (SSSR count). The van der Waals surface area contributed by atoms with Gasteiger partial charge in [-0.3, -0.25) is 4.79 Å². The van der Waals surface area contributed by atoms with E-state index in [4.69, 9.17) is 4.74 Å². The predicted molar refractivity (Wildman–Crippen MR) is 66.6 cm³/mol. The highest BCUT2D eigenvalue weighted by Gasteiger charge is 2.39. The first-order chi connectivity index (χ1) is 7.63. The number of ether oxygens (including phenoxy) is 1. The van der Waals surface area contributed by atoms with Crippen LogP contribution in [-0.2, 0) is 9.53 Å². The van der Waals surface area contributed by atoms with Gasteiger partial charge in [-0.1, -0.05) is 0 Å². The van der Waals surface area contributed by atoms with Crippen LogP contribution in [0.3, 0.4) is 0 Å². The van der Waals surface area contributed by atoms with Crippen LogP contribution in [0.25, 0.3) is 0 Å². The van der Waals surface area contributed by atoms with E-state index in [9.17, 15) is 9.18 Å². The van der Waals surface area contributed by atoms with E-state index in [1.54, 1.807) is 12.1 Å². The minimum atomic E-state index is -0.431. The molecule has 1 fully saturated rings. The van der Waals surface area contributed by atoms with Gasteiger partial charge in [0, 0.05) is 9.13 Å². The molecule has 0 heterocycles. The second-order valence-electron chi connectivity index (χ2n) is 4.00. The second-order valence-corrected chi connectivity index (χ2v) is 5.25. The van der Waals surface area contributed by atoms with Crippen molar-refractivity contribution in [3.05, 3.63) is 33.1 Å². The fraction of sp³-hybridized carbons (Fsp3) is 0.417. The molecule has 16 heavy (non-hydrogen) atoms. The Balaban J connectivity index is 2.37. The quantitative estimate of drug-likeness (QED) is 0.627. The molecule has 86 valence electrons. The van der Waals surface area contributed by atoms with Gasteiger partial charge in [-0.25, -0.2) is 4.39 Å². The van der Waals surface area contributed by atoms with Crippen LogP contribution in [0.5, 0.6) is 0 Å². The summed E-state index contributed by atoms with van der Waals surface area (Å²) < 4.78 is 19.4. The van der Waals surface area contributed by atoms with E-state index in [0.717, 1.165) is 16.4 Å². The lowest BCUT2D eigenvalue weighted by Gasteiger charge is -2.15. The summed E-state index contributed by atoms with van der Waals surface area (Å²) in [6.07, 6.45) is 1.95. The minimum Gasteiger partial charge on any atom is -0.469 e. The first kappa shape index (κ1) is 11.8. The average molecular weight is 334 g/mol. The maximum atomic E-state index is 13.7. The lowest BCUT2D eigenvalue weighted by Crippen LogP contribution is -2.17. The number of methoxy groups -OCH3 is 1. The topological polar surface area (TPSA) is 26.3 Å². The highest BCUT2D eigenvalue weighted by atomic mass is 127. The SMILES string of the molecule is COC(=O)C(c1cc(I)ccc1F)C1CC1. The Bertz CT molecular complexity index is 415. The highest BCUT2D eigenvalue weighted by molar-refractivity contribution is 14.1. The Morgan fingerprint density at radius 1 is 1.56 bits per heavy atom. The third kappa shape index (κ3) is 2.36. The van der Waals surface area contributed by atoms with Crippen molar-refractivity contribution in [1.29, 1.82) is 0 Å². The van der Waals surface area contributed by atoms with Crippen LogP contribution >= 0.6 is 22.6 Å². The van der Waals surface area contributed by atoms with Crippen LogP contribution in [0.4, 0.5) is 4.39 Å². The molecule has 2 nitrogen and oxygen atoms in total. The standard InChI is InChI=1S/C12H12FIO2/c1-16-12(15)11(7-2-3-7)9-6-8(14)4-5-10(9)13/h4-7,11H,2-3H2,1H3. The lowest BCUT2D eigenvalue weighted by molar-refractivity contribution is -0.143. The Hall–Kier alpha value is -0.650. The van der Waals surface area contributed by atoms with Crippen molar-refractivity contribution in [3.8, 4) is 0 Å².